The van der Waals surface area contributed by atoms with Crippen molar-refractivity contribution >= 4 is 5.97 Å². The van der Waals surface area contributed by atoms with Gasteiger partial charge in [-0.05, 0) is 69.1 Å². The molecule has 0 radical (unpaired) electrons. The van der Waals surface area contributed by atoms with E-state index >= 15 is 0 Å². The molecule has 0 bridgehead atoms. The number of carbonyl (C=O) groups excluding carboxylic acids is 1. The molecule has 3 aliphatic carbocycles. The lowest BCUT2D eigenvalue weighted by Crippen LogP contribution is -2.09. The summed E-state index contributed by atoms with van der Waals surface area (Å²) < 4.78 is 5.58. The predicted octanol–water partition coefficient (Wildman–Crippen LogP) is 4.74. The molecule has 2 heteroatoms. The number of hydrogen-bond donors (Lipinski definition) is 0. The Morgan fingerprint density at radius 1 is 0.950 bits per heavy atom. The Morgan fingerprint density at radius 3 is 2.35 bits per heavy atom. The van der Waals surface area contributed by atoms with Crippen LogP contribution in [0, 0.1) is 0 Å². The molecule has 0 N–H and O–H groups in total. The molecule has 0 spiro atoms. The second kappa shape index (κ2) is 6.25. The van der Waals surface area contributed by atoms with Gasteiger partial charge in [-0.3, -0.25) is 0 Å². The predicted molar refractivity (Wildman–Crippen MR) is 80.0 cm³/mol. The summed E-state index contributed by atoms with van der Waals surface area (Å²) in [5, 5.41) is 0. The van der Waals surface area contributed by atoms with Crippen LogP contribution < -0.4 is 0 Å². The lowest BCUT2D eigenvalue weighted by Gasteiger charge is -2.10. The molecule has 0 atom stereocenters. The number of rotatable bonds is 4. The van der Waals surface area contributed by atoms with Gasteiger partial charge < -0.3 is 4.74 Å². The van der Waals surface area contributed by atoms with E-state index in [-0.39, 0.29) is 5.97 Å². The van der Waals surface area contributed by atoms with Gasteiger partial charge in [-0.2, -0.15) is 0 Å². The van der Waals surface area contributed by atoms with Gasteiger partial charge >= 0.3 is 5.97 Å². The summed E-state index contributed by atoms with van der Waals surface area (Å²) in [6.07, 6.45) is 18.3. The molecule has 106 valence electrons. The monoisotopic (exact) mass is 270 g/mol. The van der Waals surface area contributed by atoms with Crippen molar-refractivity contribution in [3.05, 3.63) is 46.8 Å². The fraction of sp³-hybridized carbons (Fsp3) is 0.500. The van der Waals surface area contributed by atoms with Gasteiger partial charge in [-0.15, -0.1) is 0 Å². The van der Waals surface area contributed by atoms with E-state index in [1.54, 1.807) is 0 Å². The Hall–Kier alpha value is -1.57. The van der Waals surface area contributed by atoms with Gasteiger partial charge in [0.25, 0.3) is 0 Å². The summed E-state index contributed by atoms with van der Waals surface area (Å²) >= 11 is 0. The minimum absolute atomic E-state index is 0.154. The number of carbonyl (C=O) groups is 1. The zero-order valence-corrected chi connectivity index (χ0v) is 12.0. The van der Waals surface area contributed by atoms with Crippen molar-refractivity contribution in [3.63, 3.8) is 0 Å². The van der Waals surface area contributed by atoms with E-state index in [4.69, 9.17) is 4.74 Å². The van der Waals surface area contributed by atoms with Gasteiger partial charge in [-0.25, -0.2) is 4.79 Å². The maximum Gasteiger partial charge on any atom is 0.343 e. The summed E-state index contributed by atoms with van der Waals surface area (Å²) in [5.74, 6) is 0.707. The molecule has 0 heterocycles. The molecular formula is C18H22O2. The molecule has 0 fully saturated rings. The SMILES string of the molecule is O=C(OC1=CCCC1)C(=CC1=CCCC1)C1=CCCC1. The third-order valence-corrected chi connectivity index (χ3v) is 4.24. The van der Waals surface area contributed by atoms with Crippen LogP contribution in [0.1, 0.15) is 57.8 Å². The molecule has 0 aromatic carbocycles. The normalized spacial score (nSPS) is 22.6. The van der Waals surface area contributed by atoms with E-state index in [2.05, 4.69) is 18.2 Å². The van der Waals surface area contributed by atoms with Crippen LogP contribution in [0.3, 0.4) is 0 Å². The van der Waals surface area contributed by atoms with Crippen molar-refractivity contribution in [2.75, 3.05) is 0 Å². The summed E-state index contributed by atoms with van der Waals surface area (Å²) in [6, 6.07) is 0. The Balaban J connectivity index is 1.79. The molecule has 0 saturated heterocycles. The summed E-state index contributed by atoms with van der Waals surface area (Å²) in [5.41, 5.74) is 3.27. The molecule has 0 aromatic rings. The topological polar surface area (TPSA) is 26.3 Å². The fourth-order valence-corrected chi connectivity index (χ4v) is 3.12. The van der Waals surface area contributed by atoms with E-state index in [0.717, 1.165) is 62.7 Å². The van der Waals surface area contributed by atoms with Crippen LogP contribution in [0.5, 0.6) is 0 Å². The molecule has 0 aromatic heterocycles. The quantitative estimate of drug-likeness (QED) is 0.544. The molecule has 3 aliphatic rings. The first-order chi connectivity index (χ1) is 9.83. The minimum Gasteiger partial charge on any atom is -0.428 e. The lowest BCUT2D eigenvalue weighted by atomic mass is 10.0. The smallest absolute Gasteiger partial charge is 0.343 e. The number of esters is 1. The first-order valence-electron chi connectivity index (χ1n) is 7.84. The van der Waals surface area contributed by atoms with E-state index in [9.17, 15) is 4.79 Å². The van der Waals surface area contributed by atoms with Gasteiger partial charge in [0.05, 0.1) is 5.57 Å². The van der Waals surface area contributed by atoms with Gasteiger partial charge in [0, 0.05) is 6.42 Å². The fourth-order valence-electron chi connectivity index (χ4n) is 3.12. The maximum absolute atomic E-state index is 12.5. The summed E-state index contributed by atoms with van der Waals surface area (Å²) in [7, 11) is 0. The highest BCUT2D eigenvalue weighted by Gasteiger charge is 2.21. The van der Waals surface area contributed by atoms with Crippen LogP contribution >= 0.6 is 0 Å². The average molecular weight is 270 g/mol. The maximum atomic E-state index is 12.5. The zero-order valence-electron chi connectivity index (χ0n) is 12.0. The Labute approximate surface area is 120 Å². The highest BCUT2D eigenvalue weighted by molar-refractivity contribution is 5.94. The van der Waals surface area contributed by atoms with Crippen molar-refractivity contribution in [2.24, 2.45) is 0 Å². The molecule has 0 aliphatic heterocycles. The second-order valence-electron chi connectivity index (χ2n) is 5.80. The summed E-state index contributed by atoms with van der Waals surface area (Å²) in [4.78, 5) is 12.5. The molecular weight excluding hydrogens is 248 g/mol. The zero-order chi connectivity index (χ0) is 13.8. The van der Waals surface area contributed by atoms with Crippen molar-refractivity contribution in [1.82, 2.24) is 0 Å². The van der Waals surface area contributed by atoms with Crippen molar-refractivity contribution in [3.8, 4) is 0 Å². The Morgan fingerprint density at radius 2 is 1.70 bits per heavy atom. The van der Waals surface area contributed by atoms with E-state index in [1.165, 1.54) is 17.6 Å². The lowest BCUT2D eigenvalue weighted by molar-refractivity contribution is -0.134. The Bertz CT molecular complexity index is 518. The molecule has 3 rings (SSSR count). The van der Waals surface area contributed by atoms with Crippen LogP contribution in [0.4, 0.5) is 0 Å². The first-order valence-corrected chi connectivity index (χ1v) is 7.84. The molecule has 2 nitrogen and oxygen atoms in total. The van der Waals surface area contributed by atoms with Gasteiger partial charge in [0.15, 0.2) is 0 Å². The molecule has 20 heavy (non-hydrogen) atoms. The second-order valence-corrected chi connectivity index (χ2v) is 5.80. The van der Waals surface area contributed by atoms with Gasteiger partial charge in [0.2, 0.25) is 0 Å². The van der Waals surface area contributed by atoms with Crippen LogP contribution in [0.15, 0.2) is 46.8 Å². The van der Waals surface area contributed by atoms with Crippen molar-refractivity contribution < 1.29 is 9.53 Å². The van der Waals surface area contributed by atoms with Gasteiger partial charge in [-0.1, -0.05) is 17.7 Å². The van der Waals surface area contributed by atoms with Crippen molar-refractivity contribution in [2.45, 2.75) is 57.8 Å². The van der Waals surface area contributed by atoms with Gasteiger partial charge in [0.1, 0.15) is 5.76 Å². The van der Waals surface area contributed by atoms with Crippen molar-refractivity contribution in [1.29, 1.82) is 0 Å². The third kappa shape index (κ3) is 3.12. The average Bonchev–Trinajstić information content (AvgIpc) is 3.19. The largest absolute Gasteiger partial charge is 0.428 e. The number of allylic oxidation sites excluding steroid dienone is 6. The minimum atomic E-state index is -0.154. The highest BCUT2D eigenvalue weighted by Crippen LogP contribution is 2.30. The molecule has 0 saturated carbocycles. The highest BCUT2D eigenvalue weighted by atomic mass is 16.5. The van der Waals surface area contributed by atoms with Crippen LogP contribution in [0.25, 0.3) is 0 Å². The number of hydrogen-bond acceptors (Lipinski definition) is 2. The Kier molecular flexibility index (Phi) is 4.19. The number of ether oxygens (including phenoxy) is 1. The summed E-state index contributed by atoms with van der Waals surface area (Å²) in [6.45, 7) is 0. The standard InChI is InChI=1S/C18H22O2/c19-18(20-16-11-5-6-12-16)17(15-9-3-4-10-15)13-14-7-1-2-8-14/h7,9,11,13H,1-6,8,10,12H2. The molecule has 0 unspecified atom stereocenters. The first kappa shape index (κ1) is 13.4. The van der Waals surface area contributed by atoms with Crippen LogP contribution in [-0.4, -0.2) is 5.97 Å². The van der Waals surface area contributed by atoms with E-state index < -0.39 is 0 Å². The molecule has 0 amide bonds. The van der Waals surface area contributed by atoms with Crippen LogP contribution in [-0.2, 0) is 9.53 Å². The third-order valence-electron chi connectivity index (χ3n) is 4.24. The van der Waals surface area contributed by atoms with E-state index in [1.807, 2.05) is 6.08 Å². The van der Waals surface area contributed by atoms with E-state index in [0.29, 0.717) is 0 Å². The van der Waals surface area contributed by atoms with Crippen LogP contribution in [0.2, 0.25) is 0 Å².